The van der Waals surface area contributed by atoms with Gasteiger partial charge in [0, 0.05) is 63.3 Å². The van der Waals surface area contributed by atoms with Gasteiger partial charge in [0.15, 0.2) is 0 Å². The van der Waals surface area contributed by atoms with Crippen molar-refractivity contribution in [2.45, 2.75) is 13.0 Å². The topological polar surface area (TPSA) is 50.6 Å². The van der Waals surface area contributed by atoms with Gasteiger partial charge in [-0.2, -0.15) is 0 Å². The number of methoxy groups -OCH3 is 1. The third-order valence-corrected chi connectivity index (χ3v) is 5.35. The van der Waals surface area contributed by atoms with Gasteiger partial charge in [0.05, 0.1) is 13.0 Å². The molecule has 0 unspecified atom stereocenters. The Labute approximate surface area is 165 Å². The quantitative estimate of drug-likeness (QED) is 0.662. The van der Waals surface area contributed by atoms with Crippen molar-refractivity contribution in [3.63, 3.8) is 0 Å². The predicted molar refractivity (Wildman–Crippen MR) is 111 cm³/mol. The molecule has 28 heavy (non-hydrogen) atoms. The molecule has 0 bridgehead atoms. The van der Waals surface area contributed by atoms with Crippen LogP contribution >= 0.6 is 0 Å². The summed E-state index contributed by atoms with van der Waals surface area (Å²) in [7, 11) is 1.69. The van der Waals surface area contributed by atoms with E-state index in [1.54, 1.807) is 13.3 Å². The molecule has 0 radical (unpaired) electrons. The number of nitrogens with zero attached hydrogens (tertiary/aromatic N) is 4. The number of rotatable bonds is 6. The van der Waals surface area contributed by atoms with Gasteiger partial charge in [-0.25, -0.2) is 4.98 Å². The van der Waals surface area contributed by atoms with Crippen molar-refractivity contribution in [3.8, 4) is 0 Å². The van der Waals surface area contributed by atoms with Crippen LogP contribution in [0.15, 0.2) is 54.9 Å². The minimum atomic E-state index is 0.183. The summed E-state index contributed by atoms with van der Waals surface area (Å²) in [5.41, 5.74) is 3.17. The van der Waals surface area contributed by atoms with Crippen LogP contribution in [0.2, 0.25) is 0 Å². The predicted octanol–water partition coefficient (Wildman–Crippen LogP) is 2.57. The molecule has 3 aromatic rings. The molecule has 146 valence electrons. The van der Waals surface area contributed by atoms with Gasteiger partial charge in [0.2, 0.25) is 5.91 Å². The average molecular weight is 378 g/mol. The Balaban J connectivity index is 1.43. The van der Waals surface area contributed by atoms with Crippen molar-refractivity contribution < 1.29 is 9.53 Å². The van der Waals surface area contributed by atoms with Crippen LogP contribution < -0.4 is 4.90 Å². The number of ether oxygens (including phenoxy) is 1. The van der Waals surface area contributed by atoms with Crippen LogP contribution in [0.3, 0.4) is 0 Å². The van der Waals surface area contributed by atoms with Crippen molar-refractivity contribution in [1.82, 2.24) is 14.5 Å². The molecule has 1 aromatic carbocycles. The Morgan fingerprint density at radius 1 is 1.07 bits per heavy atom. The number of carbonyl (C=O) groups excluding carboxylic acids is 1. The maximum absolute atomic E-state index is 12.9. The van der Waals surface area contributed by atoms with Crippen LogP contribution in [0.25, 0.3) is 11.0 Å². The maximum Gasteiger partial charge on any atom is 0.227 e. The first-order valence-electron chi connectivity index (χ1n) is 9.75. The fourth-order valence-electron chi connectivity index (χ4n) is 3.82. The maximum atomic E-state index is 12.9. The van der Waals surface area contributed by atoms with Crippen LogP contribution in [-0.2, 0) is 22.5 Å². The number of piperazine rings is 1. The number of hydrogen-bond donors (Lipinski definition) is 0. The molecule has 0 saturated carbocycles. The van der Waals surface area contributed by atoms with Gasteiger partial charge in [-0.3, -0.25) is 4.79 Å². The lowest BCUT2D eigenvalue weighted by Crippen LogP contribution is -2.49. The number of fused-ring (bicyclic) bond motifs is 1. The van der Waals surface area contributed by atoms with Crippen LogP contribution in [-0.4, -0.2) is 60.3 Å². The summed E-state index contributed by atoms with van der Waals surface area (Å²) < 4.78 is 7.28. The first-order chi connectivity index (χ1) is 13.8. The van der Waals surface area contributed by atoms with Crippen LogP contribution in [0.1, 0.15) is 5.56 Å². The third-order valence-electron chi connectivity index (χ3n) is 5.35. The second-order valence-electron chi connectivity index (χ2n) is 7.10. The second kappa shape index (κ2) is 8.44. The summed E-state index contributed by atoms with van der Waals surface area (Å²) in [4.78, 5) is 21.7. The number of benzene rings is 1. The number of aromatic nitrogens is 2. The molecule has 2 aromatic heterocycles. The molecule has 3 heterocycles. The Morgan fingerprint density at radius 3 is 2.61 bits per heavy atom. The average Bonchev–Trinajstić information content (AvgIpc) is 3.10. The number of para-hydroxylation sites is 1. The number of anilines is 1. The van der Waals surface area contributed by atoms with E-state index in [0.717, 1.165) is 49.3 Å². The van der Waals surface area contributed by atoms with Crippen molar-refractivity contribution in [3.05, 3.63) is 60.4 Å². The monoisotopic (exact) mass is 378 g/mol. The molecule has 1 aliphatic rings. The lowest BCUT2D eigenvalue weighted by Gasteiger charge is -2.36. The normalized spacial score (nSPS) is 14.6. The van der Waals surface area contributed by atoms with Crippen LogP contribution in [0.5, 0.6) is 0 Å². The first-order valence-corrected chi connectivity index (χ1v) is 9.75. The van der Waals surface area contributed by atoms with E-state index in [4.69, 9.17) is 4.74 Å². The van der Waals surface area contributed by atoms with Gasteiger partial charge in [-0.05, 0) is 29.8 Å². The molecule has 0 N–H and O–H groups in total. The van der Waals surface area contributed by atoms with E-state index >= 15 is 0 Å². The minimum Gasteiger partial charge on any atom is -0.383 e. The van der Waals surface area contributed by atoms with E-state index in [9.17, 15) is 4.79 Å². The number of amides is 1. The van der Waals surface area contributed by atoms with Crippen molar-refractivity contribution in [1.29, 1.82) is 0 Å². The fourth-order valence-corrected chi connectivity index (χ4v) is 3.82. The largest absolute Gasteiger partial charge is 0.383 e. The van der Waals surface area contributed by atoms with E-state index in [1.807, 2.05) is 23.1 Å². The van der Waals surface area contributed by atoms with Gasteiger partial charge < -0.3 is 19.1 Å². The molecular formula is C22H26N4O2. The molecule has 6 heteroatoms. The molecular weight excluding hydrogens is 352 g/mol. The van der Waals surface area contributed by atoms with Crippen molar-refractivity contribution >= 4 is 22.6 Å². The highest BCUT2D eigenvalue weighted by atomic mass is 16.5. The summed E-state index contributed by atoms with van der Waals surface area (Å²) >= 11 is 0. The second-order valence-corrected chi connectivity index (χ2v) is 7.10. The zero-order chi connectivity index (χ0) is 19.3. The lowest BCUT2D eigenvalue weighted by atomic mass is 10.1. The van der Waals surface area contributed by atoms with Crippen molar-refractivity contribution in [2.75, 3.05) is 44.8 Å². The highest BCUT2D eigenvalue weighted by molar-refractivity contribution is 5.87. The molecule has 1 aliphatic heterocycles. The third kappa shape index (κ3) is 3.87. The van der Waals surface area contributed by atoms with Crippen LogP contribution in [0.4, 0.5) is 5.69 Å². The first kappa shape index (κ1) is 18.5. The van der Waals surface area contributed by atoms with E-state index < -0.39 is 0 Å². The zero-order valence-electron chi connectivity index (χ0n) is 16.3. The number of carbonyl (C=O) groups is 1. The molecule has 6 nitrogen and oxygen atoms in total. The summed E-state index contributed by atoms with van der Waals surface area (Å²) in [6.07, 6.45) is 4.25. The Hall–Kier alpha value is -2.86. The summed E-state index contributed by atoms with van der Waals surface area (Å²) in [5.74, 6) is 0.183. The van der Waals surface area contributed by atoms with Gasteiger partial charge in [0.1, 0.15) is 5.65 Å². The van der Waals surface area contributed by atoms with E-state index in [-0.39, 0.29) is 5.91 Å². The van der Waals surface area contributed by atoms with Gasteiger partial charge in [0.25, 0.3) is 0 Å². The number of pyridine rings is 1. The van der Waals surface area contributed by atoms with Gasteiger partial charge in [-0.1, -0.05) is 18.2 Å². The molecule has 1 saturated heterocycles. The SMILES string of the molecule is COCCn1cc(CC(=O)N2CCN(c3ccccc3)CC2)c2cccnc21. The summed E-state index contributed by atoms with van der Waals surface area (Å²) in [5, 5.41) is 1.05. The van der Waals surface area contributed by atoms with Crippen molar-refractivity contribution in [2.24, 2.45) is 0 Å². The molecule has 4 rings (SSSR count). The zero-order valence-corrected chi connectivity index (χ0v) is 16.3. The smallest absolute Gasteiger partial charge is 0.227 e. The Bertz CT molecular complexity index is 930. The Morgan fingerprint density at radius 2 is 1.86 bits per heavy atom. The molecule has 1 amide bonds. The van der Waals surface area contributed by atoms with E-state index in [2.05, 4.69) is 44.9 Å². The lowest BCUT2D eigenvalue weighted by molar-refractivity contribution is -0.130. The van der Waals surface area contributed by atoms with Gasteiger partial charge >= 0.3 is 0 Å². The Kier molecular flexibility index (Phi) is 5.58. The highest BCUT2D eigenvalue weighted by Crippen LogP contribution is 2.21. The standard InChI is InChI=1S/C22H26N4O2/c1-28-15-14-26-17-18(20-8-5-9-23-22(20)26)16-21(27)25-12-10-24(11-13-25)19-6-3-2-4-7-19/h2-9,17H,10-16H2,1H3. The summed E-state index contributed by atoms with van der Waals surface area (Å²) in [6.45, 7) is 4.60. The molecule has 0 spiro atoms. The van der Waals surface area contributed by atoms with E-state index in [1.165, 1.54) is 5.69 Å². The minimum absolute atomic E-state index is 0.183. The fraction of sp³-hybridized carbons (Fsp3) is 0.364. The summed E-state index contributed by atoms with van der Waals surface area (Å²) in [6, 6.07) is 14.4. The molecule has 1 fully saturated rings. The molecule has 0 aliphatic carbocycles. The number of hydrogen-bond acceptors (Lipinski definition) is 4. The van der Waals surface area contributed by atoms with Crippen LogP contribution in [0, 0.1) is 0 Å². The molecule has 0 atom stereocenters. The van der Waals surface area contributed by atoms with E-state index in [0.29, 0.717) is 13.0 Å². The highest BCUT2D eigenvalue weighted by Gasteiger charge is 2.22. The van der Waals surface area contributed by atoms with Gasteiger partial charge in [-0.15, -0.1) is 0 Å².